The number of carbonyl (C=O) groups excluding carboxylic acids is 1. The van der Waals surface area contributed by atoms with Gasteiger partial charge in [-0.3, -0.25) is 9.48 Å². The van der Waals surface area contributed by atoms with Gasteiger partial charge in [-0.2, -0.15) is 5.10 Å². The maximum atomic E-state index is 11.7. The molecule has 0 saturated heterocycles. The highest BCUT2D eigenvalue weighted by molar-refractivity contribution is 9.11. The van der Waals surface area contributed by atoms with Crippen molar-refractivity contribution in [2.45, 2.75) is 13.0 Å². The lowest BCUT2D eigenvalue weighted by molar-refractivity contribution is -0.137. The number of carboxylic acid groups (broad SMARTS) is 1. The SMILES string of the molecule is O=C(O)Cn1cc(NC(=O)NCCc2ccc(Br)s2)cn1. The Balaban J connectivity index is 1.74. The molecule has 21 heavy (non-hydrogen) atoms. The number of nitrogens with one attached hydrogen (secondary N) is 2. The highest BCUT2D eigenvalue weighted by Crippen LogP contribution is 2.22. The molecule has 0 aliphatic heterocycles. The molecule has 112 valence electrons. The van der Waals surface area contributed by atoms with Gasteiger partial charge in [0.2, 0.25) is 0 Å². The van der Waals surface area contributed by atoms with Crippen molar-refractivity contribution in [1.82, 2.24) is 15.1 Å². The van der Waals surface area contributed by atoms with E-state index in [1.807, 2.05) is 12.1 Å². The molecule has 0 aromatic carbocycles. The van der Waals surface area contributed by atoms with Crippen molar-refractivity contribution >= 4 is 45.0 Å². The Morgan fingerprint density at radius 3 is 2.90 bits per heavy atom. The molecule has 0 aliphatic carbocycles. The van der Waals surface area contributed by atoms with E-state index in [2.05, 4.69) is 31.7 Å². The number of urea groups is 1. The Hall–Kier alpha value is -1.87. The van der Waals surface area contributed by atoms with Crippen molar-refractivity contribution in [2.75, 3.05) is 11.9 Å². The van der Waals surface area contributed by atoms with Crippen molar-refractivity contribution in [3.05, 3.63) is 33.2 Å². The lowest BCUT2D eigenvalue weighted by atomic mass is 10.3. The van der Waals surface area contributed by atoms with E-state index in [0.29, 0.717) is 12.2 Å². The van der Waals surface area contributed by atoms with E-state index < -0.39 is 5.97 Å². The predicted molar refractivity (Wildman–Crippen MR) is 82.6 cm³/mol. The molecular formula is C12H13BrN4O3S. The van der Waals surface area contributed by atoms with Crippen LogP contribution in [0.2, 0.25) is 0 Å². The minimum atomic E-state index is -0.990. The number of thiophene rings is 1. The molecule has 0 unspecified atom stereocenters. The summed E-state index contributed by atoms with van der Waals surface area (Å²) in [5.74, 6) is -0.990. The number of amides is 2. The van der Waals surface area contributed by atoms with Gasteiger partial charge in [0.25, 0.3) is 0 Å². The number of aromatic nitrogens is 2. The molecule has 0 bridgehead atoms. The number of carbonyl (C=O) groups is 2. The van der Waals surface area contributed by atoms with Gasteiger partial charge < -0.3 is 15.7 Å². The van der Waals surface area contributed by atoms with Crippen molar-refractivity contribution in [1.29, 1.82) is 0 Å². The number of nitrogens with zero attached hydrogens (tertiary/aromatic N) is 2. The van der Waals surface area contributed by atoms with E-state index in [-0.39, 0.29) is 12.6 Å². The number of rotatable bonds is 6. The monoisotopic (exact) mass is 372 g/mol. The molecule has 0 fully saturated rings. The first-order valence-electron chi connectivity index (χ1n) is 6.06. The van der Waals surface area contributed by atoms with Crippen molar-refractivity contribution in [2.24, 2.45) is 0 Å². The maximum Gasteiger partial charge on any atom is 0.325 e. The molecular weight excluding hydrogens is 360 g/mol. The summed E-state index contributed by atoms with van der Waals surface area (Å²) in [7, 11) is 0. The Morgan fingerprint density at radius 1 is 1.43 bits per heavy atom. The molecule has 2 aromatic rings. The molecule has 2 heterocycles. The van der Waals surface area contributed by atoms with Crippen LogP contribution in [-0.2, 0) is 17.8 Å². The van der Waals surface area contributed by atoms with E-state index >= 15 is 0 Å². The van der Waals surface area contributed by atoms with E-state index in [0.717, 1.165) is 10.2 Å². The number of halogens is 1. The highest BCUT2D eigenvalue weighted by Gasteiger charge is 2.06. The van der Waals surface area contributed by atoms with E-state index in [9.17, 15) is 9.59 Å². The van der Waals surface area contributed by atoms with Gasteiger partial charge in [-0.1, -0.05) is 0 Å². The van der Waals surface area contributed by atoms with Crippen LogP contribution in [0.4, 0.5) is 10.5 Å². The fraction of sp³-hybridized carbons (Fsp3) is 0.250. The number of carboxylic acids is 1. The standard InChI is InChI=1S/C12H13BrN4O3S/c13-10-2-1-9(21-10)3-4-14-12(20)16-8-5-15-17(6-8)7-11(18)19/h1-2,5-6H,3-4,7H2,(H,18,19)(H2,14,16,20). The smallest absolute Gasteiger partial charge is 0.325 e. The van der Waals surface area contributed by atoms with E-state index in [1.54, 1.807) is 11.3 Å². The Kier molecular flexibility index (Phi) is 5.34. The summed E-state index contributed by atoms with van der Waals surface area (Å²) in [6.07, 6.45) is 3.62. The molecule has 0 atom stereocenters. The molecule has 0 saturated carbocycles. The largest absolute Gasteiger partial charge is 0.480 e. The van der Waals surface area contributed by atoms with Crippen LogP contribution in [0.5, 0.6) is 0 Å². The van der Waals surface area contributed by atoms with Crippen LogP contribution >= 0.6 is 27.3 Å². The number of anilines is 1. The summed E-state index contributed by atoms with van der Waals surface area (Å²) in [5.41, 5.74) is 0.451. The second kappa shape index (κ2) is 7.23. The van der Waals surface area contributed by atoms with Crippen LogP contribution in [0, 0.1) is 0 Å². The second-order valence-corrected chi connectivity index (χ2v) is 6.70. The molecule has 3 N–H and O–H groups in total. The van der Waals surface area contributed by atoms with Gasteiger partial charge in [0.15, 0.2) is 0 Å². The predicted octanol–water partition coefficient (Wildman–Crippen LogP) is 2.16. The fourth-order valence-electron chi connectivity index (χ4n) is 1.61. The van der Waals surface area contributed by atoms with Gasteiger partial charge >= 0.3 is 12.0 Å². The first-order chi connectivity index (χ1) is 10.0. The lowest BCUT2D eigenvalue weighted by Crippen LogP contribution is -2.30. The number of hydrogen-bond acceptors (Lipinski definition) is 4. The summed E-state index contributed by atoms with van der Waals surface area (Å²) in [5, 5.41) is 17.8. The molecule has 2 rings (SSSR count). The zero-order valence-corrected chi connectivity index (χ0v) is 13.3. The van der Waals surface area contributed by atoms with Crippen molar-refractivity contribution in [3.8, 4) is 0 Å². The zero-order chi connectivity index (χ0) is 15.2. The summed E-state index contributed by atoms with van der Waals surface area (Å²) in [4.78, 5) is 23.4. The van der Waals surface area contributed by atoms with Gasteiger partial charge in [-0.25, -0.2) is 4.79 Å². The lowest BCUT2D eigenvalue weighted by Gasteiger charge is -2.04. The minimum absolute atomic E-state index is 0.240. The number of aliphatic carboxylic acids is 1. The third-order valence-corrected chi connectivity index (χ3v) is 4.16. The van der Waals surface area contributed by atoms with Gasteiger partial charge in [0, 0.05) is 17.6 Å². The topological polar surface area (TPSA) is 96.2 Å². The Bertz CT molecular complexity index is 640. The summed E-state index contributed by atoms with van der Waals surface area (Å²) in [6, 6.07) is 3.63. The second-order valence-electron chi connectivity index (χ2n) is 4.16. The maximum absolute atomic E-state index is 11.7. The van der Waals surface area contributed by atoms with Crippen LogP contribution in [0.15, 0.2) is 28.3 Å². The zero-order valence-electron chi connectivity index (χ0n) is 10.9. The molecule has 9 heteroatoms. The minimum Gasteiger partial charge on any atom is -0.480 e. The van der Waals surface area contributed by atoms with Gasteiger partial charge in [-0.15, -0.1) is 11.3 Å². The van der Waals surface area contributed by atoms with Gasteiger partial charge in [0.05, 0.1) is 15.7 Å². The highest BCUT2D eigenvalue weighted by atomic mass is 79.9. The first-order valence-corrected chi connectivity index (χ1v) is 7.67. The molecule has 7 nitrogen and oxygen atoms in total. The average molecular weight is 373 g/mol. The quantitative estimate of drug-likeness (QED) is 0.723. The molecule has 0 spiro atoms. The molecule has 0 aliphatic rings. The van der Waals surface area contributed by atoms with Crippen LogP contribution in [0.1, 0.15) is 4.88 Å². The normalized spacial score (nSPS) is 10.3. The van der Waals surface area contributed by atoms with Crippen LogP contribution in [0.3, 0.4) is 0 Å². The summed E-state index contributed by atoms with van der Waals surface area (Å²) >= 11 is 5.01. The average Bonchev–Trinajstić information content (AvgIpc) is 2.98. The molecule has 0 radical (unpaired) electrons. The van der Waals surface area contributed by atoms with Crippen LogP contribution in [0.25, 0.3) is 0 Å². The fourth-order valence-corrected chi connectivity index (χ4v) is 3.10. The van der Waals surface area contributed by atoms with Gasteiger partial charge in [-0.05, 0) is 34.5 Å². The third-order valence-electron chi connectivity index (χ3n) is 2.47. The van der Waals surface area contributed by atoms with Crippen LogP contribution in [-0.4, -0.2) is 33.4 Å². The Morgan fingerprint density at radius 2 is 2.24 bits per heavy atom. The summed E-state index contributed by atoms with van der Waals surface area (Å²) < 4.78 is 2.30. The van der Waals surface area contributed by atoms with Gasteiger partial charge in [0.1, 0.15) is 6.54 Å². The van der Waals surface area contributed by atoms with E-state index in [4.69, 9.17) is 5.11 Å². The van der Waals surface area contributed by atoms with E-state index in [1.165, 1.54) is 22.0 Å². The molecule has 2 amide bonds. The van der Waals surface area contributed by atoms with Crippen molar-refractivity contribution in [3.63, 3.8) is 0 Å². The Labute approximate surface area is 133 Å². The summed E-state index contributed by atoms with van der Waals surface area (Å²) in [6.45, 7) is 0.276. The number of hydrogen-bond donors (Lipinski definition) is 3. The first kappa shape index (κ1) is 15.5. The van der Waals surface area contributed by atoms with Crippen molar-refractivity contribution < 1.29 is 14.7 Å². The third kappa shape index (κ3) is 5.20. The molecule has 2 aromatic heterocycles. The van der Waals surface area contributed by atoms with Crippen LogP contribution < -0.4 is 10.6 Å².